The predicted octanol–water partition coefficient (Wildman–Crippen LogP) is 7.08. The molecule has 0 aliphatic rings. The van der Waals surface area contributed by atoms with E-state index in [1.54, 1.807) is 11.3 Å². The van der Waals surface area contributed by atoms with Gasteiger partial charge in [-0.2, -0.15) is 0 Å². The van der Waals surface area contributed by atoms with Gasteiger partial charge in [0, 0.05) is 31.6 Å². The Labute approximate surface area is 147 Å². The number of rotatable bonds is 0. The van der Waals surface area contributed by atoms with Crippen molar-refractivity contribution in [1.82, 2.24) is 4.98 Å². The molecular weight excluding hydrogens is 318 g/mol. The molecule has 0 atom stereocenters. The second kappa shape index (κ2) is 8.80. The molecule has 0 aliphatic heterocycles. The van der Waals surface area contributed by atoms with E-state index in [0.29, 0.717) is 0 Å². The van der Waals surface area contributed by atoms with Crippen LogP contribution < -0.4 is 0 Å². The van der Waals surface area contributed by atoms with Crippen molar-refractivity contribution < 1.29 is 0 Å². The van der Waals surface area contributed by atoms with Gasteiger partial charge in [0.05, 0.1) is 0 Å². The number of thiophene rings is 1. The maximum Gasteiger partial charge on any atom is 0.0455 e. The van der Waals surface area contributed by atoms with Gasteiger partial charge >= 0.3 is 0 Å². The van der Waals surface area contributed by atoms with E-state index in [-0.39, 0.29) is 0 Å². The standard InChI is InChI=1S/C9H9N.C8H6S2.C3H8/c1-7-6-8-4-2-3-5-9(8)10-7;9-7-5-10-8-4-2-1-3-6(7)8;1-3-2/h2-6,10H,1H3;1-5,9H;3H2,1-2H3. The summed E-state index contributed by atoms with van der Waals surface area (Å²) in [6.07, 6.45) is 1.25. The van der Waals surface area contributed by atoms with Gasteiger partial charge in [-0.1, -0.05) is 56.7 Å². The van der Waals surface area contributed by atoms with Crippen LogP contribution in [-0.2, 0) is 0 Å². The third kappa shape index (κ3) is 4.88. The molecule has 0 saturated carbocycles. The van der Waals surface area contributed by atoms with E-state index in [1.165, 1.54) is 33.1 Å². The fourth-order valence-corrected chi connectivity index (χ4v) is 3.44. The first-order valence-electron chi connectivity index (χ1n) is 7.85. The smallest absolute Gasteiger partial charge is 0.0455 e. The summed E-state index contributed by atoms with van der Waals surface area (Å²) in [6, 6.07) is 18.7. The number of hydrogen-bond donors (Lipinski definition) is 2. The maximum absolute atomic E-state index is 4.31. The van der Waals surface area contributed by atoms with Crippen molar-refractivity contribution >= 4 is 45.0 Å². The van der Waals surface area contributed by atoms with Gasteiger partial charge in [-0.05, 0) is 30.5 Å². The number of thiol groups is 1. The van der Waals surface area contributed by atoms with Gasteiger partial charge in [-0.15, -0.1) is 24.0 Å². The molecule has 2 aromatic heterocycles. The molecule has 0 radical (unpaired) electrons. The Bertz CT molecular complexity index is 817. The Morgan fingerprint density at radius 2 is 1.65 bits per heavy atom. The number of nitrogens with one attached hydrogen (secondary N) is 1. The third-order valence-corrected chi connectivity index (χ3v) is 4.63. The molecule has 3 heteroatoms. The highest BCUT2D eigenvalue weighted by Gasteiger charge is 1.96. The Hall–Kier alpha value is -1.71. The quantitative estimate of drug-likeness (QED) is 0.318. The molecular formula is C20H23NS2. The largest absolute Gasteiger partial charge is 0.359 e. The van der Waals surface area contributed by atoms with Crippen LogP contribution in [0.25, 0.3) is 21.0 Å². The van der Waals surface area contributed by atoms with Gasteiger partial charge in [-0.25, -0.2) is 0 Å². The lowest BCUT2D eigenvalue weighted by Gasteiger charge is -1.86. The van der Waals surface area contributed by atoms with Crippen LogP contribution >= 0.6 is 24.0 Å². The molecule has 0 spiro atoms. The molecule has 0 fully saturated rings. The van der Waals surface area contributed by atoms with Gasteiger partial charge < -0.3 is 4.98 Å². The molecule has 0 bridgehead atoms. The molecule has 23 heavy (non-hydrogen) atoms. The zero-order chi connectivity index (χ0) is 16.7. The summed E-state index contributed by atoms with van der Waals surface area (Å²) in [5.74, 6) is 0. The monoisotopic (exact) mass is 341 g/mol. The highest BCUT2D eigenvalue weighted by atomic mass is 32.1. The number of para-hydroxylation sites is 1. The summed E-state index contributed by atoms with van der Waals surface area (Å²) >= 11 is 6.05. The lowest BCUT2D eigenvalue weighted by atomic mass is 10.2. The molecule has 0 amide bonds. The fourth-order valence-electron chi connectivity index (χ4n) is 2.18. The van der Waals surface area contributed by atoms with Crippen LogP contribution in [0.5, 0.6) is 0 Å². The average Bonchev–Trinajstić information content (AvgIpc) is 3.11. The van der Waals surface area contributed by atoms with Crippen LogP contribution in [0.15, 0.2) is 64.9 Å². The second-order valence-electron chi connectivity index (χ2n) is 5.36. The topological polar surface area (TPSA) is 15.8 Å². The molecule has 1 N–H and O–H groups in total. The van der Waals surface area contributed by atoms with Gasteiger partial charge in [0.2, 0.25) is 0 Å². The first kappa shape index (κ1) is 17.6. The van der Waals surface area contributed by atoms with Crippen molar-refractivity contribution in [3.05, 3.63) is 65.7 Å². The lowest BCUT2D eigenvalue weighted by molar-refractivity contribution is 1.09. The van der Waals surface area contributed by atoms with Crippen LogP contribution in [0, 0.1) is 6.92 Å². The summed E-state index contributed by atoms with van der Waals surface area (Å²) in [6.45, 7) is 6.32. The van der Waals surface area contributed by atoms with Crippen LogP contribution in [0.1, 0.15) is 26.0 Å². The summed E-state index contributed by atoms with van der Waals surface area (Å²) < 4.78 is 1.31. The van der Waals surface area contributed by atoms with E-state index >= 15 is 0 Å². The van der Waals surface area contributed by atoms with Gasteiger partial charge in [0.25, 0.3) is 0 Å². The van der Waals surface area contributed by atoms with Crippen molar-refractivity contribution in [3.8, 4) is 0 Å². The van der Waals surface area contributed by atoms with Crippen molar-refractivity contribution in [2.45, 2.75) is 32.1 Å². The van der Waals surface area contributed by atoms with E-state index in [9.17, 15) is 0 Å². The second-order valence-corrected chi connectivity index (χ2v) is 6.76. The molecule has 4 rings (SSSR count). The Morgan fingerprint density at radius 3 is 2.35 bits per heavy atom. The Morgan fingerprint density at radius 1 is 1.00 bits per heavy atom. The SMILES string of the molecule is CCC.Cc1cc2ccccc2[nH]1.Sc1csc2ccccc12. The summed E-state index contributed by atoms with van der Waals surface area (Å²) in [7, 11) is 0. The number of hydrogen-bond acceptors (Lipinski definition) is 2. The van der Waals surface area contributed by atoms with Gasteiger partial charge in [-0.3, -0.25) is 0 Å². The third-order valence-electron chi connectivity index (χ3n) is 3.13. The minimum absolute atomic E-state index is 1.08. The van der Waals surface area contributed by atoms with Crippen LogP contribution in [0.4, 0.5) is 0 Å². The molecule has 0 unspecified atom stereocenters. The number of aromatic nitrogens is 1. The fraction of sp³-hybridized carbons (Fsp3) is 0.200. The molecule has 0 aliphatic carbocycles. The number of H-pyrrole nitrogens is 1. The van der Waals surface area contributed by atoms with Gasteiger partial charge in [0.1, 0.15) is 0 Å². The van der Waals surface area contributed by atoms with E-state index in [4.69, 9.17) is 0 Å². The summed E-state index contributed by atoms with van der Waals surface area (Å²) in [4.78, 5) is 4.34. The maximum atomic E-state index is 4.31. The number of benzene rings is 2. The van der Waals surface area contributed by atoms with E-state index in [0.717, 1.165) is 4.90 Å². The Kier molecular flexibility index (Phi) is 6.75. The average molecular weight is 342 g/mol. The summed E-state index contributed by atoms with van der Waals surface area (Å²) in [5, 5.41) is 4.61. The van der Waals surface area contributed by atoms with Crippen molar-refractivity contribution in [2.24, 2.45) is 0 Å². The first-order valence-corrected chi connectivity index (χ1v) is 9.18. The highest BCUT2D eigenvalue weighted by Crippen LogP contribution is 2.27. The van der Waals surface area contributed by atoms with E-state index in [1.807, 2.05) is 18.2 Å². The molecule has 1 nitrogen and oxygen atoms in total. The van der Waals surface area contributed by atoms with E-state index < -0.39 is 0 Å². The zero-order valence-corrected chi connectivity index (χ0v) is 15.5. The molecule has 2 aromatic carbocycles. The van der Waals surface area contributed by atoms with Crippen LogP contribution in [-0.4, -0.2) is 4.98 Å². The molecule has 120 valence electrons. The molecule has 4 aromatic rings. The van der Waals surface area contributed by atoms with Gasteiger partial charge in [0.15, 0.2) is 0 Å². The number of aromatic amines is 1. The minimum atomic E-state index is 1.08. The van der Waals surface area contributed by atoms with Crippen molar-refractivity contribution in [3.63, 3.8) is 0 Å². The zero-order valence-electron chi connectivity index (χ0n) is 13.8. The number of fused-ring (bicyclic) bond motifs is 2. The normalized spacial score (nSPS) is 9.91. The lowest BCUT2D eigenvalue weighted by Crippen LogP contribution is -1.65. The van der Waals surface area contributed by atoms with Crippen LogP contribution in [0.3, 0.4) is 0 Å². The molecule has 0 saturated heterocycles. The van der Waals surface area contributed by atoms with E-state index in [2.05, 4.69) is 80.2 Å². The predicted molar refractivity (Wildman–Crippen MR) is 108 cm³/mol. The first-order chi connectivity index (χ1) is 11.2. The summed E-state index contributed by atoms with van der Waals surface area (Å²) in [5.41, 5.74) is 2.45. The van der Waals surface area contributed by atoms with Crippen molar-refractivity contribution in [2.75, 3.05) is 0 Å². The number of aryl methyl sites for hydroxylation is 1. The highest BCUT2D eigenvalue weighted by molar-refractivity contribution is 7.80. The van der Waals surface area contributed by atoms with Crippen molar-refractivity contribution in [1.29, 1.82) is 0 Å². The van der Waals surface area contributed by atoms with Crippen LogP contribution in [0.2, 0.25) is 0 Å². The Balaban J connectivity index is 0.000000143. The minimum Gasteiger partial charge on any atom is -0.359 e. The molecule has 2 heterocycles.